The molecule has 1 heterocycles. The van der Waals surface area contributed by atoms with Crippen LogP contribution < -0.4 is 5.73 Å². The topological polar surface area (TPSA) is 49.6 Å². The molecule has 4 heteroatoms. The molecule has 2 N–H and O–H groups in total. The zero-order valence-corrected chi connectivity index (χ0v) is 11.1. The van der Waals surface area contributed by atoms with Gasteiger partial charge in [-0.15, -0.1) is 0 Å². The third kappa shape index (κ3) is 3.19. The normalized spacial score (nSPS) is 30.3. The maximum atomic E-state index is 12.2. The molecule has 1 aliphatic heterocycles. The molecular formula is C13H25N3O. The van der Waals surface area contributed by atoms with Crippen LogP contribution in [0.3, 0.4) is 0 Å². The zero-order chi connectivity index (χ0) is 12.4. The van der Waals surface area contributed by atoms with Crippen LogP contribution in [-0.2, 0) is 4.79 Å². The van der Waals surface area contributed by atoms with Crippen molar-refractivity contribution in [3.63, 3.8) is 0 Å². The number of amides is 1. The Morgan fingerprint density at radius 2 is 2.12 bits per heavy atom. The smallest absolute Gasteiger partial charge is 0.236 e. The van der Waals surface area contributed by atoms with Crippen LogP contribution in [-0.4, -0.2) is 54.0 Å². The van der Waals surface area contributed by atoms with Crippen molar-refractivity contribution < 1.29 is 4.79 Å². The molecule has 0 spiro atoms. The Balaban J connectivity index is 1.81. The van der Waals surface area contributed by atoms with Gasteiger partial charge < -0.3 is 10.6 Å². The number of hydrogen-bond acceptors (Lipinski definition) is 3. The number of nitrogens with two attached hydrogens (primary N) is 1. The van der Waals surface area contributed by atoms with Gasteiger partial charge in [0.15, 0.2) is 0 Å². The largest absolute Gasteiger partial charge is 0.339 e. The van der Waals surface area contributed by atoms with E-state index in [0.29, 0.717) is 18.5 Å². The first-order chi connectivity index (χ1) is 8.11. The molecule has 2 aliphatic rings. The summed E-state index contributed by atoms with van der Waals surface area (Å²) in [6.07, 6.45) is 3.50. The quantitative estimate of drug-likeness (QED) is 0.784. The number of rotatable bonds is 4. The Hall–Kier alpha value is -0.610. The molecule has 2 unspecified atom stereocenters. The van der Waals surface area contributed by atoms with Crippen LogP contribution in [0.2, 0.25) is 0 Å². The number of likely N-dealkylation sites (N-methyl/N-ethyl adjacent to an activating group) is 1. The third-order valence-electron chi connectivity index (χ3n) is 4.11. The second-order valence-corrected chi connectivity index (χ2v) is 5.58. The van der Waals surface area contributed by atoms with Gasteiger partial charge in [-0.3, -0.25) is 9.69 Å². The molecule has 2 rings (SSSR count). The summed E-state index contributed by atoms with van der Waals surface area (Å²) in [5.74, 6) is 0.879. The van der Waals surface area contributed by atoms with Gasteiger partial charge in [0, 0.05) is 25.2 Å². The molecule has 0 bridgehead atoms. The molecule has 0 aromatic carbocycles. The van der Waals surface area contributed by atoms with E-state index in [-0.39, 0.29) is 11.9 Å². The Bertz CT molecular complexity index is 278. The van der Waals surface area contributed by atoms with Crippen LogP contribution >= 0.6 is 0 Å². The first kappa shape index (κ1) is 12.8. The number of likely N-dealkylation sites (tertiary alicyclic amines) is 1. The molecule has 1 saturated heterocycles. The van der Waals surface area contributed by atoms with Gasteiger partial charge in [0.25, 0.3) is 0 Å². The molecule has 4 nitrogen and oxygen atoms in total. The van der Waals surface area contributed by atoms with Crippen molar-refractivity contribution in [1.29, 1.82) is 0 Å². The summed E-state index contributed by atoms with van der Waals surface area (Å²) in [5, 5.41) is 0. The van der Waals surface area contributed by atoms with Crippen LogP contribution in [0.15, 0.2) is 0 Å². The van der Waals surface area contributed by atoms with E-state index in [1.54, 1.807) is 0 Å². The fourth-order valence-electron chi connectivity index (χ4n) is 2.62. The van der Waals surface area contributed by atoms with Crippen molar-refractivity contribution in [2.75, 3.05) is 26.2 Å². The predicted molar refractivity (Wildman–Crippen MR) is 68.6 cm³/mol. The number of piperidine rings is 1. The Kier molecular flexibility index (Phi) is 4.05. The van der Waals surface area contributed by atoms with E-state index in [1.807, 2.05) is 4.90 Å². The van der Waals surface area contributed by atoms with Crippen LogP contribution in [0.4, 0.5) is 0 Å². The van der Waals surface area contributed by atoms with Gasteiger partial charge in [-0.1, -0.05) is 6.92 Å². The van der Waals surface area contributed by atoms with Gasteiger partial charge in [-0.25, -0.2) is 0 Å². The van der Waals surface area contributed by atoms with Gasteiger partial charge in [-0.2, -0.15) is 0 Å². The highest BCUT2D eigenvalue weighted by molar-refractivity contribution is 5.78. The highest BCUT2D eigenvalue weighted by Crippen LogP contribution is 2.26. The number of nitrogens with zero attached hydrogens (tertiary/aromatic N) is 2. The number of hydrogen-bond donors (Lipinski definition) is 1. The van der Waals surface area contributed by atoms with E-state index in [4.69, 9.17) is 5.73 Å². The first-order valence-electron chi connectivity index (χ1n) is 6.89. The summed E-state index contributed by atoms with van der Waals surface area (Å²) < 4.78 is 0. The summed E-state index contributed by atoms with van der Waals surface area (Å²) in [6.45, 7) is 7.56. The minimum absolute atomic E-state index is 0.229. The SMILES string of the molecule is CCN(C(=O)CN1CCC(C)C(N)C1)C1CC1. The van der Waals surface area contributed by atoms with Crippen molar-refractivity contribution in [3.05, 3.63) is 0 Å². The Morgan fingerprint density at radius 1 is 1.41 bits per heavy atom. The molecule has 1 aliphatic carbocycles. The van der Waals surface area contributed by atoms with Crippen LogP contribution in [0.1, 0.15) is 33.1 Å². The number of carbonyl (C=O) groups is 1. The number of carbonyl (C=O) groups excluding carboxylic acids is 1. The maximum absolute atomic E-state index is 12.2. The minimum atomic E-state index is 0.229. The lowest BCUT2D eigenvalue weighted by atomic mass is 9.94. The standard InChI is InChI=1S/C13H25N3O/c1-3-16(11-4-5-11)13(17)9-15-7-6-10(2)12(14)8-15/h10-12H,3-9,14H2,1-2H3. The van der Waals surface area contributed by atoms with Crippen LogP contribution in [0.25, 0.3) is 0 Å². The van der Waals surface area contributed by atoms with Crippen molar-refractivity contribution in [2.24, 2.45) is 11.7 Å². The molecule has 0 radical (unpaired) electrons. The molecule has 98 valence electrons. The van der Waals surface area contributed by atoms with E-state index in [9.17, 15) is 4.79 Å². The lowest BCUT2D eigenvalue weighted by molar-refractivity contribution is -0.133. The fraction of sp³-hybridized carbons (Fsp3) is 0.923. The van der Waals surface area contributed by atoms with E-state index in [0.717, 1.165) is 26.1 Å². The second kappa shape index (κ2) is 5.36. The lowest BCUT2D eigenvalue weighted by Gasteiger charge is -2.35. The summed E-state index contributed by atoms with van der Waals surface area (Å²) in [6, 6.07) is 0.762. The van der Waals surface area contributed by atoms with Crippen LogP contribution in [0, 0.1) is 5.92 Å². The molecule has 1 amide bonds. The minimum Gasteiger partial charge on any atom is -0.339 e. The summed E-state index contributed by atoms with van der Waals surface area (Å²) in [7, 11) is 0. The van der Waals surface area contributed by atoms with Crippen molar-refractivity contribution in [1.82, 2.24) is 9.80 Å². The maximum Gasteiger partial charge on any atom is 0.236 e. The molecule has 2 atom stereocenters. The Labute approximate surface area is 104 Å². The molecule has 1 saturated carbocycles. The predicted octanol–water partition coefficient (Wildman–Crippen LogP) is 0.666. The van der Waals surface area contributed by atoms with Gasteiger partial charge in [0.1, 0.15) is 0 Å². The molecule has 0 aromatic rings. The molecular weight excluding hydrogens is 214 g/mol. The van der Waals surface area contributed by atoms with Gasteiger partial charge in [0.05, 0.1) is 6.54 Å². The average Bonchev–Trinajstić information content (AvgIpc) is 3.09. The van der Waals surface area contributed by atoms with E-state index in [1.165, 1.54) is 12.8 Å². The highest BCUT2D eigenvalue weighted by Gasteiger charge is 2.32. The zero-order valence-electron chi connectivity index (χ0n) is 11.1. The van der Waals surface area contributed by atoms with Gasteiger partial charge in [0.2, 0.25) is 5.91 Å². The fourth-order valence-corrected chi connectivity index (χ4v) is 2.62. The van der Waals surface area contributed by atoms with Crippen molar-refractivity contribution in [2.45, 2.75) is 45.2 Å². The summed E-state index contributed by atoms with van der Waals surface area (Å²) >= 11 is 0. The third-order valence-corrected chi connectivity index (χ3v) is 4.11. The van der Waals surface area contributed by atoms with E-state index >= 15 is 0 Å². The first-order valence-corrected chi connectivity index (χ1v) is 6.89. The Morgan fingerprint density at radius 3 is 2.65 bits per heavy atom. The van der Waals surface area contributed by atoms with E-state index in [2.05, 4.69) is 18.7 Å². The second-order valence-electron chi connectivity index (χ2n) is 5.58. The van der Waals surface area contributed by atoms with Crippen LogP contribution in [0.5, 0.6) is 0 Å². The average molecular weight is 239 g/mol. The van der Waals surface area contributed by atoms with E-state index < -0.39 is 0 Å². The van der Waals surface area contributed by atoms with Crippen molar-refractivity contribution in [3.8, 4) is 0 Å². The summed E-state index contributed by atoms with van der Waals surface area (Å²) in [4.78, 5) is 16.4. The monoisotopic (exact) mass is 239 g/mol. The van der Waals surface area contributed by atoms with Gasteiger partial charge >= 0.3 is 0 Å². The van der Waals surface area contributed by atoms with Crippen molar-refractivity contribution >= 4 is 5.91 Å². The molecule has 2 fully saturated rings. The summed E-state index contributed by atoms with van der Waals surface area (Å²) in [5.41, 5.74) is 6.06. The van der Waals surface area contributed by atoms with Gasteiger partial charge in [-0.05, 0) is 38.6 Å². The lowest BCUT2D eigenvalue weighted by Crippen LogP contribution is -2.51. The molecule has 17 heavy (non-hydrogen) atoms. The highest BCUT2D eigenvalue weighted by atomic mass is 16.2. The molecule has 0 aromatic heterocycles.